The lowest BCUT2D eigenvalue weighted by Gasteiger charge is -2.15. The largest absolute Gasteiger partial charge is 0.387 e. The number of nitrogens with one attached hydrogen (secondary N) is 1. The Bertz CT molecular complexity index is 675. The second kappa shape index (κ2) is 6.50. The molecule has 1 amide bonds. The smallest absolute Gasteiger partial charge is 0.228 e. The van der Waals surface area contributed by atoms with Crippen molar-refractivity contribution >= 4 is 17.7 Å². The lowest BCUT2D eigenvalue weighted by atomic mass is 10.0. The molecule has 0 aliphatic carbocycles. The number of thioether (sulfide) groups is 1. The monoisotopic (exact) mass is 317 g/mol. The van der Waals surface area contributed by atoms with Gasteiger partial charge in [0.25, 0.3) is 0 Å². The molecule has 1 aliphatic rings. The molecule has 2 N–H and O–H groups in total. The molecule has 0 bridgehead atoms. The van der Waals surface area contributed by atoms with Crippen LogP contribution in [0.25, 0.3) is 0 Å². The summed E-state index contributed by atoms with van der Waals surface area (Å²) >= 11 is 1.67. The summed E-state index contributed by atoms with van der Waals surface area (Å²) in [6, 6.07) is 13.5. The minimum absolute atomic E-state index is 0.0846. The van der Waals surface area contributed by atoms with Crippen molar-refractivity contribution in [3.05, 3.63) is 65.5 Å². The standard InChI is InChI=1S/C17H16FNO2S/c18-12-7-5-11(6-8-12)15(20)9-19-17(21)14-10-22-16-4-2-1-3-13(14)16/h1-8,14-15,20H,9-10H2,(H,19,21). The molecule has 2 aromatic rings. The summed E-state index contributed by atoms with van der Waals surface area (Å²) in [4.78, 5) is 13.4. The number of aliphatic hydroxyl groups excluding tert-OH is 1. The number of amides is 1. The first-order chi connectivity index (χ1) is 10.6. The van der Waals surface area contributed by atoms with Crippen LogP contribution in [-0.4, -0.2) is 23.3 Å². The van der Waals surface area contributed by atoms with Gasteiger partial charge in [-0.15, -0.1) is 11.8 Å². The van der Waals surface area contributed by atoms with E-state index < -0.39 is 6.10 Å². The second-order valence-electron chi connectivity index (χ2n) is 5.21. The maximum Gasteiger partial charge on any atom is 0.228 e. The maximum atomic E-state index is 12.9. The van der Waals surface area contributed by atoms with Crippen LogP contribution in [-0.2, 0) is 4.79 Å². The summed E-state index contributed by atoms with van der Waals surface area (Å²) in [7, 11) is 0. The van der Waals surface area contributed by atoms with Crippen molar-refractivity contribution in [2.45, 2.75) is 16.9 Å². The SMILES string of the molecule is O=C(NCC(O)c1ccc(F)cc1)C1CSc2ccccc21. The fraction of sp³-hybridized carbons (Fsp3) is 0.235. The van der Waals surface area contributed by atoms with E-state index in [0.29, 0.717) is 5.56 Å². The highest BCUT2D eigenvalue weighted by molar-refractivity contribution is 7.99. The van der Waals surface area contributed by atoms with Gasteiger partial charge in [0, 0.05) is 17.2 Å². The fourth-order valence-electron chi connectivity index (χ4n) is 2.50. The topological polar surface area (TPSA) is 49.3 Å². The molecule has 2 unspecified atom stereocenters. The van der Waals surface area contributed by atoms with E-state index in [0.717, 1.165) is 16.2 Å². The van der Waals surface area contributed by atoms with Crippen molar-refractivity contribution in [3.63, 3.8) is 0 Å². The van der Waals surface area contributed by atoms with Crippen molar-refractivity contribution in [2.24, 2.45) is 0 Å². The van der Waals surface area contributed by atoms with Crippen LogP contribution in [0, 0.1) is 5.82 Å². The normalized spacial score (nSPS) is 17.8. The third kappa shape index (κ3) is 3.15. The highest BCUT2D eigenvalue weighted by Crippen LogP contribution is 2.39. The Morgan fingerprint density at radius 2 is 2.00 bits per heavy atom. The van der Waals surface area contributed by atoms with Crippen molar-refractivity contribution in [1.29, 1.82) is 0 Å². The number of hydrogen-bond donors (Lipinski definition) is 2. The molecule has 22 heavy (non-hydrogen) atoms. The summed E-state index contributed by atoms with van der Waals surface area (Å²) < 4.78 is 12.9. The van der Waals surface area contributed by atoms with Gasteiger partial charge in [0.05, 0.1) is 12.0 Å². The van der Waals surface area contributed by atoms with Crippen LogP contribution >= 0.6 is 11.8 Å². The van der Waals surface area contributed by atoms with Gasteiger partial charge in [-0.1, -0.05) is 30.3 Å². The average molecular weight is 317 g/mol. The predicted octanol–water partition coefficient (Wildman–Crippen LogP) is 2.86. The third-order valence-electron chi connectivity index (χ3n) is 3.74. The van der Waals surface area contributed by atoms with Crippen LogP contribution in [0.2, 0.25) is 0 Å². The van der Waals surface area contributed by atoms with Gasteiger partial charge >= 0.3 is 0 Å². The van der Waals surface area contributed by atoms with Gasteiger partial charge in [0.15, 0.2) is 0 Å². The van der Waals surface area contributed by atoms with Gasteiger partial charge < -0.3 is 10.4 Å². The second-order valence-corrected chi connectivity index (χ2v) is 6.28. The van der Waals surface area contributed by atoms with E-state index in [9.17, 15) is 14.3 Å². The summed E-state index contributed by atoms with van der Waals surface area (Å²) in [5, 5.41) is 12.8. The fourth-order valence-corrected chi connectivity index (χ4v) is 3.73. The Kier molecular flexibility index (Phi) is 4.45. The number of fused-ring (bicyclic) bond motifs is 1. The van der Waals surface area contributed by atoms with Crippen molar-refractivity contribution in [3.8, 4) is 0 Å². The number of rotatable bonds is 4. The molecule has 0 fully saturated rings. The molecule has 3 rings (SSSR count). The molecule has 0 saturated heterocycles. The Morgan fingerprint density at radius 1 is 1.27 bits per heavy atom. The lowest BCUT2D eigenvalue weighted by Crippen LogP contribution is -2.32. The quantitative estimate of drug-likeness (QED) is 0.911. The minimum atomic E-state index is -0.839. The van der Waals surface area contributed by atoms with E-state index in [-0.39, 0.29) is 24.2 Å². The number of hydrogen-bond acceptors (Lipinski definition) is 3. The van der Waals surface area contributed by atoms with Crippen molar-refractivity contribution < 1.29 is 14.3 Å². The molecule has 1 heterocycles. The third-order valence-corrected chi connectivity index (χ3v) is 4.92. The molecule has 2 atom stereocenters. The highest BCUT2D eigenvalue weighted by Gasteiger charge is 2.29. The first-order valence-corrected chi connectivity index (χ1v) is 8.06. The molecule has 0 saturated carbocycles. The van der Waals surface area contributed by atoms with Gasteiger partial charge in [-0.2, -0.15) is 0 Å². The summed E-state index contributed by atoms with van der Waals surface area (Å²) in [6.45, 7) is 0.119. The first-order valence-electron chi connectivity index (χ1n) is 7.08. The summed E-state index contributed by atoms with van der Waals surface area (Å²) in [6.07, 6.45) is -0.839. The predicted molar refractivity (Wildman–Crippen MR) is 84.3 cm³/mol. The molecular weight excluding hydrogens is 301 g/mol. The number of aliphatic hydroxyl groups is 1. The Labute approximate surface area is 132 Å². The van der Waals surface area contributed by atoms with Crippen LogP contribution in [0.5, 0.6) is 0 Å². The van der Waals surface area contributed by atoms with E-state index in [1.54, 1.807) is 11.8 Å². The Morgan fingerprint density at radius 3 is 2.77 bits per heavy atom. The number of carbonyl (C=O) groups excluding carboxylic acids is 1. The van der Waals surface area contributed by atoms with Crippen LogP contribution < -0.4 is 5.32 Å². The molecule has 1 aliphatic heterocycles. The van der Waals surface area contributed by atoms with Crippen LogP contribution in [0.4, 0.5) is 4.39 Å². The van der Waals surface area contributed by atoms with Gasteiger partial charge in [-0.05, 0) is 29.3 Å². The van der Waals surface area contributed by atoms with Crippen LogP contribution in [0.1, 0.15) is 23.1 Å². The van der Waals surface area contributed by atoms with Crippen molar-refractivity contribution in [2.75, 3.05) is 12.3 Å². The molecule has 114 valence electrons. The van der Waals surface area contributed by atoms with Gasteiger partial charge in [0.2, 0.25) is 5.91 Å². The lowest BCUT2D eigenvalue weighted by molar-refractivity contribution is -0.122. The number of carbonyl (C=O) groups is 1. The Balaban J connectivity index is 1.60. The Hall–Kier alpha value is -1.85. The van der Waals surface area contributed by atoms with Gasteiger partial charge in [0.1, 0.15) is 5.82 Å². The van der Waals surface area contributed by atoms with Gasteiger partial charge in [-0.3, -0.25) is 4.79 Å². The zero-order valence-corrected chi connectivity index (χ0v) is 12.6. The zero-order chi connectivity index (χ0) is 15.5. The van der Waals surface area contributed by atoms with Crippen LogP contribution in [0.15, 0.2) is 53.4 Å². The number of benzene rings is 2. The van der Waals surface area contributed by atoms with E-state index in [2.05, 4.69) is 5.32 Å². The summed E-state index contributed by atoms with van der Waals surface area (Å²) in [5.41, 5.74) is 1.63. The molecular formula is C17H16FNO2S. The molecule has 0 radical (unpaired) electrons. The molecule has 0 aromatic heterocycles. The van der Waals surface area contributed by atoms with E-state index in [1.807, 2.05) is 24.3 Å². The van der Waals surface area contributed by atoms with E-state index >= 15 is 0 Å². The van der Waals surface area contributed by atoms with Crippen molar-refractivity contribution in [1.82, 2.24) is 5.32 Å². The minimum Gasteiger partial charge on any atom is -0.387 e. The van der Waals surface area contributed by atoms with Crippen LogP contribution in [0.3, 0.4) is 0 Å². The molecule has 2 aromatic carbocycles. The zero-order valence-electron chi connectivity index (χ0n) is 11.8. The molecule has 0 spiro atoms. The number of halogens is 1. The first kappa shape index (κ1) is 15.1. The maximum absolute atomic E-state index is 12.9. The van der Waals surface area contributed by atoms with E-state index in [1.165, 1.54) is 24.3 Å². The highest BCUT2D eigenvalue weighted by atomic mass is 32.2. The van der Waals surface area contributed by atoms with Gasteiger partial charge in [-0.25, -0.2) is 4.39 Å². The summed E-state index contributed by atoms with van der Waals surface area (Å²) in [5.74, 6) is 0.109. The molecule has 5 heteroatoms. The molecule has 3 nitrogen and oxygen atoms in total. The van der Waals surface area contributed by atoms with E-state index in [4.69, 9.17) is 0 Å². The average Bonchev–Trinajstić information content (AvgIpc) is 2.97.